The molecule has 1 atom stereocenters. The zero-order chi connectivity index (χ0) is 12.4. The van der Waals surface area contributed by atoms with Crippen LogP contribution in [0.1, 0.15) is 32.1 Å². The second-order valence-electron chi connectivity index (χ2n) is 5.20. The Labute approximate surface area is 101 Å². The van der Waals surface area contributed by atoms with Gasteiger partial charge in [-0.05, 0) is 31.6 Å². The number of carbonyl (C=O) groups is 2. The van der Waals surface area contributed by atoms with Gasteiger partial charge in [-0.1, -0.05) is 0 Å². The topological polar surface area (TPSA) is 83.6 Å². The van der Waals surface area contributed by atoms with Gasteiger partial charge in [0.05, 0.1) is 5.92 Å². The maximum absolute atomic E-state index is 11.9. The van der Waals surface area contributed by atoms with Crippen molar-refractivity contribution in [2.24, 2.45) is 17.6 Å². The van der Waals surface area contributed by atoms with Gasteiger partial charge < -0.3 is 15.7 Å². The van der Waals surface area contributed by atoms with Gasteiger partial charge in [-0.2, -0.15) is 0 Å². The van der Waals surface area contributed by atoms with E-state index < -0.39 is 5.97 Å². The fourth-order valence-corrected chi connectivity index (χ4v) is 2.40. The number of rotatable bonds is 4. The SMILES string of the molecule is NC(CC(=O)N1CCC(C(=O)O)CC1)C1CC1. The molecule has 1 heterocycles. The van der Waals surface area contributed by atoms with Crippen LogP contribution in [0.4, 0.5) is 0 Å². The Morgan fingerprint density at radius 1 is 1.24 bits per heavy atom. The van der Waals surface area contributed by atoms with Gasteiger partial charge in [-0.15, -0.1) is 0 Å². The van der Waals surface area contributed by atoms with E-state index in [-0.39, 0.29) is 17.9 Å². The molecular weight excluding hydrogens is 220 g/mol. The molecule has 1 saturated heterocycles. The molecule has 1 amide bonds. The number of carboxylic acid groups (broad SMARTS) is 1. The average molecular weight is 240 g/mol. The zero-order valence-corrected chi connectivity index (χ0v) is 9.97. The van der Waals surface area contributed by atoms with E-state index in [0.29, 0.717) is 38.3 Å². The predicted molar refractivity (Wildman–Crippen MR) is 62.3 cm³/mol. The summed E-state index contributed by atoms with van der Waals surface area (Å²) in [6, 6.07) is -0.000280. The fraction of sp³-hybridized carbons (Fsp3) is 0.833. The van der Waals surface area contributed by atoms with Gasteiger partial charge >= 0.3 is 5.97 Å². The summed E-state index contributed by atoms with van der Waals surface area (Å²) < 4.78 is 0. The minimum Gasteiger partial charge on any atom is -0.481 e. The van der Waals surface area contributed by atoms with E-state index in [1.807, 2.05) is 0 Å². The first-order valence-electron chi connectivity index (χ1n) is 6.34. The summed E-state index contributed by atoms with van der Waals surface area (Å²) in [6.07, 6.45) is 3.85. The first-order valence-corrected chi connectivity index (χ1v) is 6.34. The number of hydrogen-bond donors (Lipinski definition) is 2. The number of nitrogens with two attached hydrogens (primary N) is 1. The lowest BCUT2D eigenvalue weighted by Gasteiger charge is -2.30. The number of amides is 1. The van der Waals surface area contributed by atoms with Crippen LogP contribution in [0.25, 0.3) is 0 Å². The van der Waals surface area contributed by atoms with Gasteiger partial charge in [-0.25, -0.2) is 0 Å². The number of aliphatic carboxylic acids is 1. The molecular formula is C12H20N2O3. The Balaban J connectivity index is 1.75. The van der Waals surface area contributed by atoms with Crippen LogP contribution in [-0.4, -0.2) is 41.0 Å². The van der Waals surface area contributed by atoms with E-state index >= 15 is 0 Å². The molecule has 0 aromatic heterocycles. The molecule has 5 heteroatoms. The molecule has 0 spiro atoms. The van der Waals surface area contributed by atoms with Gasteiger partial charge in [0, 0.05) is 25.6 Å². The summed E-state index contributed by atoms with van der Waals surface area (Å²) in [5.74, 6) is -0.397. The number of hydrogen-bond acceptors (Lipinski definition) is 3. The van der Waals surface area contributed by atoms with Crippen LogP contribution >= 0.6 is 0 Å². The quantitative estimate of drug-likeness (QED) is 0.746. The van der Waals surface area contributed by atoms with Crippen LogP contribution in [0.15, 0.2) is 0 Å². The minimum absolute atomic E-state index is 0.000280. The normalized spacial score (nSPS) is 23.5. The van der Waals surface area contributed by atoms with Gasteiger partial charge in [0.2, 0.25) is 5.91 Å². The van der Waals surface area contributed by atoms with Crippen molar-refractivity contribution >= 4 is 11.9 Å². The Hall–Kier alpha value is -1.10. The lowest BCUT2D eigenvalue weighted by molar-refractivity contribution is -0.145. The second kappa shape index (κ2) is 5.04. The molecule has 0 aromatic carbocycles. The summed E-state index contributed by atoms with van der Waals surface area (Å²) in [6.45, 7) is 1.13. The second-order valence-corrected chi connectivity index (χ2v) is 5.20. The summed E-state index contributed by atoms with van der Waals surface area (Å²) in [4.78, 5) is 24.5. The molecule has 0 aromatic rings. The van der Waals surface area contributed by atoms with Crippen LogP contribution in [0, 0.1) is 11.8 Å². The molecule has 1 unspecified atom stereocenters. The van der Waals surface area contributed by atoms with Crippen LogP contribution in [0.5, 0.6) is 0 Å². The smallest absolute Gasteiger partial charge is 0.306 e. The van der Waals surface area contributed by atoms with Crippen LogP contribution in [-0.2, 0) is 9.59 Å². The lowest BCUT2D eigenvalue weighted by atomic mass is 9.96. The molecule has 17 heavy (non-hydrogen) atoms. The van der Waals surface area contributed by atoms with Crippen molar-refractivity contribution in [2.75, 3.05) is 13.1 Å². The highest BCUT2D eigenvalue weighted by Gasteiger charge is 2.32. The van der Waals surface area contributed by atoms with E-state index in [1.165, 1.54) is 0 Å². The number of carbonyl (C=O) groups excluding carboxylic acids is 1. The summed E-state index contributed by atoms with van der Waals surface area (Å²) in [7, 11) is 0. The highest BCUT2D eigenvalue weighted by atomic mass is 16.4. The van der Waals surface area contributed by atoms with Crippen molar-refractivity contribution < 1.29 is 14.7 Å². The van der Waals surface area contributed by atoms with E-state index in [0.717, 1.165) is 12.8 Å². The number of likely N-dealkylation sites (tertiary alicyclic amines) is 1. The molecule has 1 saturated carbocycles. The van der Waals surface area contributed by atoms with Gasteiger partial charge in [0.25, 0.3) is 0 Å². The highest BCUT2D eigenvalue weighted by Crippen LogP contribution is 2.33. The third-order valence-electron chi connectivity index (χ3n) is 3.83. The number of piperidine rings is 1. The van der Waals surface area contributed by atoms with Crippen LogP contribution in [0.2, 0.25) is 0 Å². The molecule has 2 rings (SSSR count). The van der Waals surface area contributed by atoms with E-state index in [1.54, 1.807) is 4.90 Å². The molecule has 1 aliphatic carbocycles. The first-order chi connectivity index (χ1) is 8.08. The molecule has 0 bridgehead atoms. The monoisotopic (exact) mass is 240 g/mol. The molecule has 0 radical (unpaired) electrons. The summed E-state index contributed by atoms with van der Waals surface area (Å²) in [5.41, 5.74) is 5.92. The molecule has 3 N–H and O–H groups in total. The Morgan fingerprint density at radius 2 is 1.82 bits per heavy atom. The third-order valence-corrected chi connectivity index (χ3v) is 3.83. The van der Waals surface area contributed by atoms with Crippen molar-refractivity contribution in [3.05, 3.63) is 0 Å². The summed E-state index contributed by atoms with van der Waals surface area (Å²) in [5, 5.41) is 8.87. The van der Waals surface area contributed by atoms with Gasteiger partial charge in [0.1, 0.15) is 0 Å². The first kappa shape index (κ1) is 12.4. The average Bonchev–Trinajstić information content (AvgIpc) is 3.12. The maximum Gasteiger partial charge on any atom is 0.306 e. The highest BCUT2D eigenvalue weighted by molar-refractivity contribution is 5.77. The standard InChI is InChI=1S/C12H20N2O3/c13-10(8-1-2-8)7-11(15)14-5-3-9(4-6-14)12(16)17/h8-10H,1-7,13H2,(H,16,17). The van der Waals surface area contributed by atoms with E-state index in [9.17, 15) is 9.59 Å². The Morgan fingerprint density at radius 3 is 2.29 bits per heavy atom. The van der Waals surface area contributed by atoms with Gasteiger partial charge in [0.15, 0.2) is 0 Å². The van der Waals surface area contributed by atoms with Crippen LogP contribution in [0.3, 0.4) is 0 Å². The Bertz CT molecular complexity index is 307. The van der Waals surface area contributed by atoms with Gasteiger partial charge in [-0.3, -0.25) is 9.59 Å². The largest absolute Gasteiger partial charge is 0.481 e. The maximum atomic E-state index is 11.9. The molecule has 2 aliphatic rings. The number of nitrogens with zero attached hydrogens (tertiary/aromatic N) is 1. The third kappa shape index (κ3) is 3.19. The number of carboxylic acids is 1. The van der Waals surface area contributed by atoms with E-state index in [4.69, 9.17) is 10.8 Å². The fourth-order valence-electron chi connectivity index (χ4n) is 2.40. The lowest BCUT2D eigenvalue weighted by Crippen LogP contribution is -2.42. The van der Waals surface area contributed by atoms with Crippen molar-refractivity contribution in [2.45, 2.75) is 38.1 Å². The zero-order valence-electron chi connectivity index (χ0n) is 9.97. The molecule has 1 aliphatic heterocycles. The van der Waals surface area contributed by atoms with Crippen molar-refractivity contribution in [1.82, 2.24) is 4.90 Å². The van der Waals surface area contributed by atoms with Crippen molar-refractivity contribution in [3.63, 3.8) is 0 Å². The Kier molecular flexibility index (Phi) is 3.66. The van der Waals surface area contributed by atoms with Crippen LogP contribution < -0.4 is 5.73 Å². The van der Waals surface area contributed by atoms with Crippen molar-refractivity contribution in [1.29, 1.82) is 0 Å². The predicted octanol–water partition coefficient (Wildman–Crippen LogP) is 0.437. The molecule has 96 valence electrons. The van der Waals surface area contributed by atoms with E-state index in [2.05, 4.69) is 0 Å². The van der Waals surface area contributed by atoms with Crippen molar-refractivity contribution in [3.8, 4) is 0 Å². The molecule has 5 nitrogen and oxygen atoms in total. The summed E-state index contributed by atoms with van der Waals surface area (Å²) >= 11 is 0. The molecule has 2 fully saturated rings. The minimum atomic E-state index is -0.744.